The molecule has 0 radical (unpaired) electrons. The molecule has 1 aliphatic rings. The Bertz CT molecular complexity index is 916. The Morgan fingerprint density at radius 2 is 1.84 bits per heavy atom. The first-order chi connectivity index (χ1) is 12.2. The highest BCUT2D eigenvalue weighted by molar-refractivity contribution is 7.98. The summed E-state index contributed by atoms with van der Waals surface area (Å²) in [5.74, 6) is 0.861. The molecule has 0 saturated heterocycles. The Morgan fingerprint density at radius 3 is 2.52 bits per heavy atom. The van der Waals surface area contributed by atoms with Gasteiger partial charge in [0.15, 0.2) is 0 Å². The molecule has 0 aliphatic carbocycles. The first-order valence-corrected chi connectivity index (χ1v) is 9.48. The number of para-hydroxylation sites is 1. The number of hydrogen-bond donors (Lipinski definition) is 1. The van der Waals surface area contributed by atoms with Gasteiger partial charge in [0.2, 0.25) is 5.91 Å². The average molecular weight is 349 g/mol. The Labute approximate surface area is 151 Å². The molecule has 3 aromatic rings. The molecule has 0 fully saturated rings. The summed E-state index contributed by atoms with van der Waals surface area (Å²) in [6.07, 6.45) is 2.52. The van der Waals surface area contributed by atoms with Crippen LogP contribution in [0.4, 0.5) is 5.82 Å². The van der Waals surface area contributed by atoms with E-state index in [4.69, 9.17) is 5.10 Å². The highest BCUT2D eigenvalue weighted by Crippen LogP contribution is 2.40. The maximum Gasteiger partial charge on any atom is 0.226 e. The number of amides is 1. The largest absolute Gasteiger partial charge is 0.310 e. The van der Waals surface area contributed by atoms with Crippen molar-refractivity contribution >= 4 is 23.5 Å². The van der Waals surface area contributed by atoms with Crippen LogP contribution in [-0.2, 0) is 4.79 Å². The molecule has 4 nitrogen and oxygen atoms in total. The number of nitrogens with zero attached hydrogens (tertiary/aromatic N) is 2. The summed E-state index contributed by atoms with van der Waals surface area (Å²) in [7, 11) is 0. The second kappa shape index (κ2) is 6.41. The van der Waals surface area contributed by atoms with Crippen molar-refractivity contribution in [3.63, 3.8) is 0 Å². The smallest absolute Gasteiger partial charge is 0.226 e. The Morgan fingerprint density at radius 1 is 1.12 bits per heavy atom. The van der Waals surface area contributed by atoms with Gasteiger partial charge in [0.25, 0.3) is 0 Å². The number of carbonyl (C=O) groups is 1. The zero-order valence-corrected chi connectivity index (χ0v) is 15.0. The van der Waals surface area contributed by atoms with Crippen molar-refractivity contribution < 1.29 is 4.79 Å². The summed E-state index contributed by atoms with van der Waals surface area (Å²) in [6.45, 7) is 2.01. The number of benzene rings is 2. The minimum Gasteiger partial charge on any atom is -0.310 e. The molecule has 0 unspecified atom stereocenters. The molecule has 1 atom stereocenters. The number of thioether (sulfide) groups is 1. The Balaban J connectivity index is 1.83. The first-order valence-electron chi connectivity index (χ1n) is 8.26. The fraction of sp³-hybridized carbons (Fsp3) is 0.200. The maximum absolute atomic E-state index is 12.4. The van der Waals surface area contributed by atoms with Crippen LogP contribution in [0.15, 0.2) is 59.5 Å². The van der Waals surface area contributed by atoms with Crippen molar-refractivity contribution in [2.45, 2.75) is 24.2 Å². The molecular formula is C20H19N3OS. The zero-order valence-electron chi connectivity index (χ0n) is 14.2. The van der Waals surface area contributed by atoms with Gasteiger partial charge in [-0.15, -0.1) is 11.8 Å². The third-order valence-electron chi connectivity index (χ3n) is 4.62. The van der Waals surface area contributed by atoms with E-state index in [9.17, 15) is 4.79 Å². The van der Waals surface area contributed by atoms with Crippen LogP contribution < -0.4 is 5.32 Å². The fourth-order valence-corrected chi connectivity index (χ4v) is 3.83. The number of rotatable bonds is 3. The summed E-state index contributed by atoms with van der Waals surface area (Å²) >= 11 is 1.72. The maximum atomic E-state index is 12.4. The normalized spacial score (nSPS) is 16.4. The van der Waals surface area contributed by atoms with Gasteiger partial charge in [0.1, 0.15) is 5.82 Å². The fourth-order valence-electron chi connectivity index (χ4n) is 3.42. The molecule has 0 spiro atoms. The molecule has 2 aromatic carbocycles. The van der Waals surface area contributed by atoms with Crippen LogP contribution in [0.1, 0.15) is 29.2 Å². The number of fused-ring (bicyclic) bond motifs is 1. The topological polar surface area (TPSA) is 46.9 Å². The van der Waals surface area contributed by atoms with E-state index in [-0.39, 0.29) is 11.8 Å². The van der Waals surface area contributed by atoms with Gasteiger partial charge in [-0.2, -0.15) is 5.10 Å². The predicted octanol–water partition coefficient (Wildman–Crippen LogP) is 4.38. The van der Waals surface area contributed by atoms with Gasteiger partial charge in [0.05, 0.1) is 11.4 Å². The van der Waals surface area contributed by atoms with E-state index in [2.05, 4.69) is 35.8 Å². The Hall–Kier alpha value is -2.53. The zero-order chi connectivity index (χ0) is 17.4. The molecule has 1 aliphatic heterocycles. The lowest BCUT2D eigenvalue weighted by atomic mass is 9.86. The summed E-state index contributed by atoms with van der Waals surface area (Å²) in [4.78, 5) is 13.6. The van der Waals surface area contributed by atoms with Gasteiger partial charge in [-0.05, 0) is 43.0 Å². The standard InChI is InChI=1S/C20H19N3OS/c1-13-19-17(14-8-10-16(25-2)11-9-14)12-18(24)21-20(19)23(22-13)15-6-4-3-5-7-15/h3-11,17H,12H2,1-2H3,(H,21,24)/t17-/m0/s1. The van der Waals surface area contributed by atoms with Gasteiger partial charge >= 0.3 is 0 Å². The number of aryl methyl sites for hydroxylation is 1. The molecule has 5 heteroatoms. The van der Waals surface area contributed by atoms with Crippen molar-refractivity contribution in [3.05, 3.63) is 71.4 Å². The van der Waals surface area contributed by atoms with E-state index >= 15 is 0 Å². The summed E-state index contributed by atoms with van der Waals surface area (Å²) in [5.41, 5.74) is 4.17. The van der Waals surface area contributed by atoms with E-state index in [1.807, 2.05) is 41.9 Å². The molecule has 0 bridgehead atoms. The number of carbonyl (C=O) groups excluding carboxylic acids is 1. The molecule has 1 aromatic heterocycles. The third-order valence-corrected chi connectivity index (χ3v) is 5.37. The third kappa shape index (κ3) is 2.85. The minimum absolute atomic E-state index is 0.0310. The summed E-state index contributed by atoms with van der Waals surface area (Å²) in [5, 5.41) is 7.73. The lowest BCUT2D eigenvalue weighted by molar-refractivity contribution is -0.116. The van der Waals surface area contributed by atoms with Crippen LogP contribution >= 0.6 is 11.8 Å². The first kappa shape index (κ1) is 16.0. The van der Waals surface area contributed by atoms with E-state index in [1.165, 1.54) is 4.90 Å². The quantitative estimate of drug-likeness (QED) is 0.714. The van der Waals surface area contributed by atoms with E-state index < -0.39 is 0 Å². The molecule has 0 saturated carbocycles. The monoisotopic (exact) mass is 349 g/mol. The number of nitrogens with one attached hydrogen (secondary N) is 1. The summed E-state index contributed by atoms with van der Waals surface area (Å²) < 4.78 is 1.84. The highest BCUT2D eigenvalue weighted by atomic mass is 32.2. The van der Waals surface area contributed by atoms with Crippen LogP contribution in [0.3, 0.4) is 0 Å². The van der Waals surface area contributed by atoms with E-state index in [0.29, 0.717) is 6.42 Å². The van der Waals surface area contributed by atoms with Crippen molar-refractivity contribution in [1.82, 2.24) is 9.78 Å². The number of anilines is 1. The van der Waals surface area contributed by atoms with Gasteiger partial charge in [-0.25, -0.2) is 4.68 Å². The molecule has 126 valence electrons. The van der Waals surface area contributed by atoms with E-state index in [0.717, 1.165) is 28.3 Å². The Kier molecular flexibility index (Phi) is 4.09. The SMILES string of the molecule is CSc1ccc([C@@H]2CC(=O)Nc3c2c(C)nn3-c2ccccc2)cc1. The van der Waals surface area contributed by atoms with Gasteiger partial charge in [-0.1, -0.05) is 30.3 Å². The van der Waals surface area contributed by atoms with Crippen LogP contribution in [0.25, 0.3) is 5.69 Å². The van der Waals surface area contributed by atoms with Crippen molar-refractivity contribution in [2.24, 2.45) is 0 Å². The van der Waals surface area contributed by atoms with Crippen LogP contribution in [0.5, 0.6) is 0 Å². The van der Waals surface area contributed by atoms with Gasteiger partial charge in [0, 0.05) is 22.8 Å². The molecule has 4 rings (SSSR count). The second-order valence-electron chi connectivity index (χ2n) is 6.17. The lowest BCUT2D eigenvalue weighted by Gasteiger charge is -2.24. The van der Waals surface area contributed by atoms with Crippen LogP contribution in [-0.4, -0.2) is 21.9 Å². The highest BCUT2D eigenvalue weighted by Gasteiger charge is 2.32. The number of hydrogen-bond acceptors (Lipinski definition) is 3. The van der Waals surface area contributed by atoms with E-state index in [1.54, 1.807) is 11.8 Å². The average Bonchev–Trinajstić information content (AvgIpc) is 2.98. The van der Waals surface area contributed by atoms with Gasteiger partial charge < -0.3 is 5.32 Å². The van der Waals surface area contributed by atoms with Crippen molar-refractivity contribution in [1.29, 1.82) is 0 Å². The van der Waals surface area contributed by atoms with Crippen LogP contribution in [0.2, 0.25) is 0 Å². The van der Waals surface area contributed by atoms with Gasteiger partial charge in [-0.3, -0.25) is 4.79 Å². The minimum atomic E-state index is 0.0310. The number of aromatic nitrogens is 2. The van der Waals surface area contributed by atoms with Crippen LogP contribution in [0, 0.1) is 6.92 Å². The van der Waals surface area contributed by atoms with Crippen molar-refractivity contribution in [2.75, 3.05) is 11.6 Å². The lowest BCUT2D eigenvalue weighted by Crippen LogP contribution is -2.24. The molecule has 25 heavy (non-hydrogen) atoms. The van der Waals surface area contributed by atoms with Crippen molar-refractivity contribution in [3.8, 4) is 5.69 Å². The summed E-state index contributed by atoms with van der Waals surface area (Å²) in [6, 6.07) is 18.4. The molecule has 1 N–H and O–H groups in total. The second-order valence-corrected chi connectivity index (χ2v) is 7.05. The molecule has 1 amide bonds. The predicted molar refractivity (Wildman–Crippen MR) is 102 cm³/mol. The molecular weight excluding hydrogens is 330 g/mol. The molecule has 2 heterocycles.